The molecule has 1 aromatic heterocycles. The minimum atomic E-state index is 0.156. The quantitative estimate of drug-likeness (QED) is 0.363. The molecule has 0 aliphatic carbocycles. The zero-order valence-corrected chi connectivity index (χ0v) is 9.21. The fourth-order valence-corrected chi connectivity index (χ4v) is 1.46. The van der Waals surface area contributed by atoms with Gasteiger partial charge >= 0.3 is 0 Å². The molecule has 1 aromatic carbocycles. The number of pyridine rings is 1. The molecule has 0 aliphatic rings. The molecule has 0 aliphatic heterocycles. The standard InChI is InChI=1S/C12H13N3O2/c13-12(15-16)5-7-17-10-4-3-9-2-1-6-14-11(9)8-10/h1-4,6,8,16H,5,7H2,(H2,13,15). The molecule has 0 saturated heterocycles. The SMILES string of the molecule is N/C(CCOc1ccc2cccnc2c1)=N/O. The van der Waals surface area contributed by atoms with Gasteiger partial charge in [-0.2, -0.15) is 0 Å². The molecule has 3 N–H and O–H groups in total. The summed E-state index contributed by atoms with van der Waals surface area (Å²) in [6, 6.07) is 9.56. The zero-order valence-electron chi connectivity index (χ0n) is 9.21. The zero-order chi connectivity index (χ0) is 12.1. The molecule has 0 unspecified atom stereocenters. The maximum Gasteiger partial charge on any atom is 0.142 e. The van der Waals surface area contributed by atoms with Gasteiger partial charge in [0.15, 0.2) is 0 Å². The van der Waals surface area contributed by atoms with Crippen LogP contribution in [0.3, 0.4) is 0 Å². The number of aromatic nitrogens is 1. The van der Waals surface area contributed by atoms with Gasteiger partial charge in [-0.25, -0.2) is 0 Å². The van der Waals surface area contributed by atoms with E-state index in [0.717, 1.165) is 16.7 Å². The Balaban J connectivity index is 2.04. The number of amidine groups is 1. The van der Waals surface area contributed by atoms with E-state index in [1.165, 1.54) is 0 Å². The second kappa shape index (κ2) is 5.16. The van der Waals surface area contributed by atoms with E-state index in [-0.39, 0.29) is 5.84 Å². The average molecular weight is 231 g/mol. The molecular formula is C12H13N3O2. The second-order valence-corrected chi connectivity index (χ2v) is 3.55. The predicted octanol–water partition coefficient (Wildman–Crippen LogP) is 1.75. The summed E-state index contributed by atoms with van der Waals surface area (Å²) in [4.78, 5) is 4.23. The summed E-state index contributed by atoms with van der Waals surface area (Å²) in [7, 11) is 0. The molecule has 5 heteroatoms. The van der Waals surface area contributed by atoms with Crippen molar-refractivity contribution in [1.29, 1.82) is 0 Å². The lowest BCUT2D eigenvalue weighted by Gasteiger charge is -2.06. The smallest absolute Gasteiger partial charge is 0.142 e. The molecule has 0 bridgehead atoms. The Hall–Kier alpha value is -2.30. The first-order valence-electron chi connectivity index (χ1n) is 5.23. The van der Waals surface area contributed by atoms with E-state index in [2.05, 4.69) is 10.1 Å². The van der Waals surface area contributed by atoms with E-state index < -0.39 is 0 Å². The maximum absolute atomic E-state index is 8.37. The number of nitrogens with two attached hydrogens (primary N) is 1. The van der Waals surface area contributed by atoms with Gasteiger partial charge in [0.25, 0.3) is 0 Å². The van der Waals surface area contributed by atoms with Crippen molar-refractivity contribution in [3.8, 4) is 5.75 Å². The largest absolute Gasteiger partial charge is 0.493 e. The average Bonchev–Trinajstić information content (AvgIpc) is 2.38. The highest BCUT2D eigenvalue weighted by molar-refractivity contribution is 5.80. The summed E-state index contributed by atoms with van der Waals surface area (Å²) in [5.74, 6) is 0.880. The minimum Gasteiger partial charge on any atom is -0.493 e. The molecule has 2 aromatic rings. The topological polar surface area (TPSA) is 80.7 Å². The van der Waals surface area contributed by atoms with Gasteiger partial charge in [-0.3, -0.25) is 4.98 Å². The number of hydrogen-bond acceptors (Lipinski definition) is 4. The molecule has 1 heterocycles. The van der Waals surface area contributed by atoms with Gasteiger partial charge in [0.2, 0.25) is 0 Å². The molecule has 0 radical (unpaired) electrons. The summed E-state index contributed by atoms with van der Waals surface area (Å²) in [5.41, 5.74) is 6.22. The molecule has 2 rings (SSSR count). The van der Waals surface area contributed by atoms with Gasteiger partial charge < -0.3 is 15.7 Å². The third kappa shape index (κ3) is 2.84. The number of oxime groups is 1. The summed E-state index contributed by atoms with van der Waals surface area (Å²) >= 11 is 0. The number of ether oxygens (including phenoxy) is 1. The minimum absolute atomic E-state index is 0.156. The Kier molecular flexibility index (Phi) is 3.40. The number of benzene rings is 1. The second-order valence-electron chi connectivity index (χ2n) is 3.55. The third-order valence-electron chi connectivity index (χ3n) is 2.33. The van der Waals surface area contributed by atoms with Crippen LogP contribution in [0, 0.1) is 0 Å². The Morgan fingerprint density at radius 3 is 3.12 bits per heavy atom. The molecular weight excluding hydrogens is 218 g/mol. The predicted molar refractivity (Wildman–Crippen MR) is 65.3 cm³/mol. The summed E-state index contributed by atoms with van der Waals surface area (Å²) < 4.78 is 5.47. The summed E-state index contributed by atoms with van der Waals surface area (Å²) in [5, 5.41) is 12.3. The normalized spacial score (nSPS) is 11.6. The van der Waals surface area contributed by atoms with E-state index in [0.29, 0.717) is 13.0 Å². The third-order valence-corrected chi connectivity index (χ3v) is 2.33. The molecule has 0 spiro atoms. The van der Waals surface area contributed by atoms with Crippen molar-refractivity contribution < 1.29 is 9.94 Å². The van der Waals surface area contributed by atoms with Crippen molar-refractivity contribution in [1.82, 2.24) is 4.98 Å². The van der Waals surface area contributed by atoms with Gasteiger partial charge in [0, 0.05) is 24.1 Å². The van der Waals surface area contributed by atoms with Gasteiger partial charge in [0.1, 0.15) is 11.6 Å². The van der Waals surface area contributed by atoms with Crippen LogP contribution in [0.4, 0.5) is 0 Å². The summed E-state index contributed by atoms with van der Waals surface area (Å²) in [6.07, 6.45) is 2.12. The molecule has 0 amide bonds. The van der Waals surface area contributed by atoms with Crippen molar-refractivity contribution in [2.75, 3.05) is 6.61 Å². The monoisotopic (exact) mass is 231 g/mol. The van der Waals surface area contributed by atoms with Gasteiger partial charge in [-0.15, -0.1) is 0 Å². The number of rotatable bonds is 4. The maximum atomic E-state index is 8.37. The Bertz CT molecular complexity index is 540. The highest BCUT2D eigenvalue weighted by atomic mass is 16.5. The van der Waals surface area contributed by atoms with E-state index in [1.807, 2.05) is 30.3 Å². The Morgan fingerprint density at radius 1 is 1.41 bits per heavy atom. The Labute approximate surface area is 98.5 Å². The lowest BCUT2D eigenvalue weighted by atomic mass is 10.2. The first-order valence-corrected chi connectivity index (χ1v) is 5.23. The van der Waals surface area contributed by atoms with Gasteiger partial charge in [-0.05, 0) is 18.2 Å². The molecule has 0 saturated carbocycles. The van der Waals surface area contributed by atoms with Crippen LogP contribution in [-0.4, -0.2) is 22.6 Å². The first kappa shape index (κ1) is 11.2. The van der Waals surface area contributed by atoms with Crippen LogP contribution in [0.5, 0.6) is 5.75 Å². The fraction of sp³-hybridized carbons (Fsp3) is 0.167. The van der Waals surface area contributed by atoms with Crippen LogP contribution in [0.25, 0.3) is 10.9 Å². The van der Waals surface area contributed by atoms with Gasteiger partial charge in [-0.1, -0.05) is 11.2 Å². The fourth-order valence-electron chi connectivity index (χ4n) is 1.46. The number of fused-ring (bicyclic) bond motifs is 1. The van der Waals surface area contributed by atoms with Crippen LogP contribution in [0.2, 0.25) is 0 Å². The van der Waals surface area contributed by atoms with E-state index in [9.17, 15) is 0 Å². The first-order chi connectivity index (χ1) is 8.29. The van der Waals surface area contributed by atoms with E-state index in [4.69, 9.17) is 15.7 Å². The van der Waals surface area contributed by atoms with Crippen molar-refractivity contribution in [3.05, 3.63) is 36.5 Å². The lowest BCUT2D eigenvalue weighted by Crippen LogP contribution is -2.15. The van der Waals surface area contributed by atoms with E-state index >= 15 is 0 Å². The molecule has 17 heavy (non-hydrogen) atoms. The lowest BCUT2D eigenvalue weighted by molar-refractivity contribution is 0.306. The van der Waals surface area contributed by atoms with Crippen LogP contribution in [0.15, 0.2) is 41.7 Å². The van der Waals surface area contributed by atoms with Crippen LogP contribution in [0.1, 0.15) is 6.42 Å². The number of hydrogen-bond donors (Lipinski definition) is 2. The number of nitrogens with zero attached hydrogens (tertiary/aromatic N) is 2. The van der Waals surface area contributed by atoms with Crippen molar-refractivity contribution in [2.45, 2.75) is 6.42 Å². The molecule has 5 nitrogen and oxygen atoms in total. The Morgan fingerprint density at radius 2 is 2.29 bits per heavy atom. The van der Waals surface area contributed by atoms with Crippen molar-refractivity contribution in [3.63, 3.8) is 0 Å². The molecule has 0 fully saturated rings. The van der Waals surface area contributed by atoms with Crippen LogP contribution in [-0.2, 0) is 0 Å². The summed E-state index contributed by atoms with van der Waals surface area (Å²) in [6.45, 7) is 0.369. The highest BCUT2D eigenvalue weighted by Gasteiger charge is 1.99. The molecule has 88 valence electrons. The van der Waals surface area contributed by atoms with Crippen LogP contribution < -0.4 is 10.5 Å². The van der Waals surface area contributed by atoms with Crippen LogP contribution >= 0.6 is 0 Å². The highest BCUT2D eigenvalue weighted by Crippen LogP contribution is 2.18. The van der Waals surface area contributed by atoms with E-state index in [1.54, 1.807) is 6.20 Å². The van der Waals surface area contributed by atoms with Gasteiger partial charge in [0.05, 0.1) is 12.1 Å². The molecule has 0 atom stereocenters. The van der Waals surface area contributed by atoms with Crippen molar-refractivity contribution in [2.24, 2.45) is 10.9 Å². The van der Waals surface area contributed by atoms with Crippen molar-refractivity contribution >= 4 is 16.7 Å².